The smallest absolute Gasteiger partial charge is 0.295 e. The molecule has 1 heterocycles. The molecular formula is C26H31NO5. The molecule has 32 heavy (non-hydrogen) atoms. The standard InChI is InChI=1S/C26H31NO5/c1-5-14-32-21-11-9-19(10-12-21)24(28)22-23(20-8-6-7-18(4)16-20)27(26(30)25(22)29)13-15-31-17(2)3/h6-12,16-17,23,28H,5,13-15H2,1-4H3/b24-22-. The number of aliphatic hydroxyl groups excluding tert-OH is 1. The van der Waals surface area contributed by atoms with Gasteiger partial charge in [-0.3, -0.25) is 9.59 Å². The van der Waals surface area contributed by atoms with Gasteiger partial charge in [0, 0.05) is 12.1 Å². The fourth-order valence-electron chi connectivity index (χ4n) is 3.77. The molecule has 1 aliphatic rings. The van der Waals surface area contributed by atoms with Crippen LogP contribution >= 0.6 is 0 Å². The molecule has 1 N–H and O–H groups in total. The second kappa shape index (κ2) is 10.5. The second-order valence-electron chi connectivity index (χ2n) is 8.20. The normalized spacial score (nSPS) is 17.9. The number of hydrogen-bond acceptors (Lipinski definition) is 5. The monoisotopic (exact) mass is 437 g/mol. The van der Waals surface area contributed by atoms with Gasteiger partial charge in [0.05, 0.1) is 30.9 Å². The van der Waals surface area contributed by atoms with Crippen LogP contribution in [0.2, 0.25) is 0 Å². The highest BCUT2D eigenvalue weighted by Gasteiger charge is 2.45. The van der Waals surface area contributed by atoms with Crippen LogP contribution in [-0.2, 0) is 14.3 Å². The lowest BCUT2D eigenvalue weighted by Crippen LogP contribution is -2.33. The van der Waals surface area contributed by atoms with Gasteiger partial charge in [0.15, 0.2) is 0 Å². The summed E-state index contributed by atoms with van der Waals surface area (Å²) in [7, 11) is 0. The Kier molecular flexibility index (Phi) is 7.70. The summed E-state index contributed by atoms with van der Waals surface area (Å²) < 4.78 is 11.2. The first-order chi connectivity index (χ1) is 15.3. The van der Waals surface area contributed by atoms with Gasteiger partial charge >= 0.3 is 0 Å². The van der Waals surface area contributed by atoms with Gasteiger partial charge in [0.25, 0.3) is 11.7 Å². The van der Waals surface area contributed by atoms with Crippen molar-refractivity contribution in [3.8, 4) is 5.75 Å². The number of benzene rings is 2. The summed E-state index contributed by atoms with van der Waals surface area (Å²) in [5.74, 6) is -0.827. The third-order valence-corrected chi connectivity index (χ3v) is 5.28. The first-order valence-corrected chi connectivity index (χ1v) is 11.0. The number of aliphatic hydroxyl groups is 1. The van der Waals surface area contributed by atoms with Gasteiger partial charge in [-0.25, -0.2) is 0 Å². The predicted octanol–water partition coefficient (Wildman–Crippen LogP) is 4.63. The van der Waals surface area contributed by atoms with Gasteiger partial charge in [0.1, 0.15) is 11.5 Å². The van der Waals surface area contributed by atoms with Crippen molar-refractivity contribution in [1.29, 1.82) is 0 Å². The Morgan fingerprint density at radius 3 is 2.44 bits per heavy atom. The Morgan fingerprint density at radius 2 is 1.81 bits per heavy atom. The Hall–Kier alpha value is -3.12. The number of Topliss-reactive ketones (excluding diaryl/α,β-unsaturated/α-hetero) is 1. The molecule has 0 saturated carbocycles. The van der Waals surface area contributed by atoms with Gasteiger partial charge in [0.2, 0.25) is 0 Å². The summed E-state index contributed by atoms with van der Waals surface area (Å²) in [6, 6.07) is 13.9. The van der Waals surface area contributed by atoms with Crippen LogP contribution in [0.25, 0.3) is 5.76 Å². The molecule has 0 spiro atoms. The zero-order valence-corrected chi connectivity index (χ0v) is 19.1. The van der Waals surface area contributed by atoms with Crippen LogP contribution < -0.4 is 4.74 Å². The molecule has 6 heteroatoms. The molecule has 1 aliphatic heterocycles. The molecule has 3 rings (SSSR count). The largest absolute Gasteiger partial charge is 0.507 e. The zero-order valence-electron chi connectivity index (χ0n) is 19.1. The third-order valence-electron chi connectivity index (χ3n) is 5.28. The van der Waals surface area contributed by atoms with Gasteiger partial charge in [-0.15, -0.1) is 0 Å². The van der Waals surface area contributed by atoms with Crippen molar-refractivity contribution in [2.75, 3.05) is 19.8 Å². The molecule has 0 radical (unpaired) electrons. The van der Waals surface area contributed by atoms with Crippen molar-refractivity contribution in [3.63, 3.8) is 0 Å². The number of ketones is 1. The van der Waals surface area contributed by atoms with Crippen LogP contribution in [0.3, 0.4) is 0 Å². The van der Waals surface area contributed by atoms with Crippen LogP contribution in [0.15, 0.2) is 54.1 Å². The van der Waals surface area contributed by atoms with Gasteiger partial charge in [-0.2, -0.15) is 0 Å². The van der Waals surface area contributed by atoms with Gasteiger partial charge in [-0.05, 0) is 57.0 Å². The quantitative estimate of drug-likeness (QED) is 0.352. The minimum atomic E-state index is -0.690. The van der Waals surface area contributed by atoms with E-state index in [9.17, 15) is 14.7 Å². The van der Waals surface area contributed by atoms with Crippen LogP contribution in [0.4, 0.5) is 0 Å². The molecule has 1 atom stereocenters. The maximum Gasteiger partial charge on any atom is 0.295 e. The van der Waals surface area contributed by atoms with Crippen LogP contribution in [0, 0.1) is 6.92 Å². The van der Waals surface area contributed by atoms with Crippen molar-refractivity contribution < 1.29 is 24.2 Å². The number of amides is 1. The highest BCUT2D eigenvalue weighted by atomic mass is 16.5. The number of hydrogen-bond donors (Lipinski definition) is 1. The van der Waals surface area contributed by atoms with Crippen molar-refractivity contribution in [1.82, 2.24) is 4.90 Å². The minimum Gasteiger partial charge on any atom is -0.507 e. The maximum absolute atomic E-state index is 13.0. The van der Waals surface area contributed by atoms with E-state index in [4.69, 9.17) is 9.47 Å². The zero-order chi connectivity index (χ0) is 23.3. The van der Waals surface area contributed by atoms with Crippen molar-refractivity contribution in [2.24, 2.45) is 0 Å². The number of likely N-dealkylation sites (tertiary alicyclic amines) is 1. The lowest BCUT2D eigenvalue weighted by molar-refractivity contribution is -0.140. The molecule has 0 aliphatic carbocycles. The fraction of sp³-hybridized carbons (Fsp3) is 0.385. The van der Waals surface area contributed by atoms with Crippen LogP contribution in [0.1, 0.15) is 49.9 Å². The summed E-state index contributed by atoms with van der Waals surface area (Å²) in [5, 5.41) is 11.1. The second-order valence-corrected chi connectivity index (χ2v) is 8.20. The number of nitrogens with zero attached hydrogens (tertiary/aromatic N) is 1. The first kappa shape index (κ1) is 23.5. The van der Waals surface area contributed by atoms with E-state index in [2.05, 4.69) is 0 Å². The predicted molar refractivity (Wildman–Crippen MR) is 124 cm³/mol. The number of carbonyl (C=O) groups excluding carboxylic acids is 2. The molecule has 2 aromatic rings. The molecule has 0 aromatic heterocycles. The summed E-state index contributed by atoms with van der Waals surface area (Å²) in [4.78, 5) is 27.4. The molecule has 1 unspecified atom stereocenters. The van der Waals surface area contributed by atoms with Crippen LogP contribution in [-0.4, -0.2) is 47.6 Å². The van der Waals surface area contributed by atoms with E-state index < -0.39 is 17.7 Å². The summed E-state index contributed by atoms with van der Waals surface area (Å²) >= 11 is 0. The minimum absolute atomic E-state index is 0.0117. The van der Waals surface area contributed by atoms with Gasteiger partial charge in [-0.1, -0.05) is 36.8 Å². The topological polar surface area (TPSA) is 76.1 Å². The number of aryl methyl sites for hydroxylation is 1. The van der Waals surface area contributed by atoms with E-state index >= 15 is 0 Å². The van der Waals surface area contributed by atoms with Crippen LogP contribution in [0.5, 0.6) is 5.75 Å². The van der Waals surface area contributed by atoms with E-state index in [0.717, 1.165) is 17.5 Å². The van der Waals surface area contributed by atoms with E-state index in [1.54, 1.807) is 24.3 Å². The highest BCUT2D eigenvalue weighted by Crippen LogP contribution is 2.39. The molecule has 1 amide bonds. The summed E-state index contributed by atoms with van der Waals surface area (Å²) in [6.07, 6.45) is 0.903. The molecule has 170 valence electrons. The van der Waals surface area contributed by atoms with Gasteiger partial charge < -0.3 is 19.5 Å². The Labute approximate surface area is 189 Å². The van der Waals surface area contributed by atoms with E-state index in [1.807, 2.05) is 52.0 Å². The lowest BCUT2D eigenvalue weighted by Gasteiger charge is -2.26. The average Bonchev–Trinajstić information content (AvgIpc) is 3.02. The Balaban J connectivity index is 2.02. The van der Waals surface area contributed by atoms with E-state index in [0.29, 0.717) is 24.5 Å². The average molecular weight is 438 g/mol. The SMILES string of the molecule is CCCOc1ccc(/C(O)=C2/C(=O)C(=O)N(CCOC(C)C)C2c2cccc(C)c2)cc1. The fourth-order valence-corrected chi connectivity index (χ4v) is 3.77. The van der Waals surface area contributed by atoms with Crippen molar-refractivity contribution in [3.05, 3.63) is 70.8 Å². The molecule has 1 fully saturated rings. The number of rotatable bonds is 9. The summed E-state index contributed by atoms with van der Waals surface area (Å²) in [5.41, 5.74) is 2.33. The Morgan fingerprint density at radius 1 is 1.09 bits per heavy atom. The molecule has 1 saturated heterocycles. The lowest BCUT2D eigenvalue weighted by atomic mass is 9.94. The summed E-state index contributed by atoms with van der Waals surface area (Å²) in [6.45, 7) is 8.96. The van der Waals surface area contributed by atoms with Crippen molar-refractivity contribution in [2.45, 2.75) is 46.3 Å². The molecular weight excluding hydrogens is 406 g/mol. The number of ether oxygens (including phenoxy) is 2. The molecule has 2 aromatic carbocycles. The first-order valence-electron chi connectivity index (χ1n) is 11.0. The Bertz CT molecular complexity index is 994. The van der Waals surface area contributed by atoms with Crippen molar-refractivity contribution >= 4 is 17.4 Å². The van der Waals surface area contributed by atoms with E-state index in [-0.39, 0.29) is 24.0 Å². The number of carbonyl (C=O) groups is 2. The molecule has 6 nitrogen and oxygen atoms in total. The van der Waals surface area contributed by atoms with E-state index in [1.165, 1.54) is 4.90 Å². The maximum atomic E-state index is 13.0. The highest BCUT2D eigenvalue weighted by molar-refractivity contribution is 6.46. The molecule has 0 bridgehead atoms. The third kappa shape index (κ3) is 5.19.